The summed E-state index contributed by atoms with van der Waals surface area (Å²) in [6.45, 7) is 6.23. The average molecular weight is 209 g/mol. The number of piperidine rings is 1. The van der Waals surface area contributed by atoms with Gasteiger partial charge in [0, 0.05) is 0 Å². The molecular weight excluding hydrogens is 190 g/mol. The molecule has 1 saturated heterocycles. The van der Waals surface area contributed by atoms with Gasteiger partial charge in [0.1, 0.15) is 0 Å². The molecule has 1 aromatic rings. The lowest BCUT2D eigenvalue weighted by Gasteiger charge is -2.19. The van der Waals surface area contributed by atoms with E-state index < -0.39 is 0 Å². The maximum atomic E-state index is 4.41. The molecule has 0 spiro atoms. The molecule has 1 aliphatic rings. The van der Waals surface area contributed by atoms with E-state index in [0.717, 1.165) is 25.3 Å². The zero-order valence-corrected chi connectivity index (χ0v) is 9.48. The van der Waals surface area contributed by atoms with Crippen LogP contribution in [0.2, 0.25) is 0 Å². The van der Waals surface area contributed by atoms with Gasteiger partial charge in [-0.2, -0.15) is 4.80 Å². The molecule has 0 radical (unpaired) electrons. The van der Waals surface area contributed by atoms with Crippen LogP contribution in [0.15, 0.2) is 0 Å². The van der Waals surface area contributed by atoms with Gasteiger partial charge in [-0.25, -0.2) is 0 Å². The standard InChI is InChI=1S/C10H19N5/c1-8(2)7-15-13-10(12-14-15)9-5-3-4-6-11-9/h8-9,11H,3-7H2,1-2H3. The van der Waals surface area contributed by atoms with E-state index >= 15 is 0 Å². The van der Waals surface area contributed by atoms with Crippen LogP contribution < -0.4 is 5.32 Å². The van der Waals surface area contributed by atoms with Crippen molar-refractivity contribution in [1.82, 2.24) is 25.5 Å². The lowest BCUT2D eigenvalue weighted by atomic mass is 10.1. The van der Waals surface area contributed by atoms with Crippen molar-refractivity contribution in [2.24, 2.45) is 5.92 Å². The highest BCUT2D eigenvalue weighted by atomic mass is 15.6. The molecule has 1 fully saturated rings. The third-order valence-electron chi connectivity index (χ3n) is 2.62. The van der Waals surface area contributed by atoms with E-state index in [-0.39, 0.29) is 0 Å². The van der Waals surface area contributed by atoms with E-state index in [1.807, 2.05) is 0 Å². The molecule has 0 bridgehead atoms. The fraction of sp³-hybridized carbons (Fsp3) is 0.900. The Bertz CT molecular complexity index is 301. The zero-order chi connectivity index (χ0) is 10.7. The van der Waals surface area contributed by atoms with Gasteiger partial charge in [-0.3, -0.25) is 0 Å². The minimum atomic E-state index is 0.319. The summed E-state index contributed by atoms with van der Waals surface area (Å²) >= 11 is 0. The molecule has 15 heavy (non-hydrogen) atoms. The van der Waals surface area contributed by atoms with Crippen LogP contribution >= 0.6 is 0 Å². The summed E-state index contributed by atoms with van der Waals surface area (Å²) in [4.78, 5) is 1.70. The van der Waals surface area contributed by atoms with Crippen LogP contribution in [0.5, 0.6) is 0 Å². The molecule has 1 aliphatic heterocycles. The van der Waals surface area contributed by atoms with Crippen LogP contribution in [0.3, 0.4) is 0 Å². The van der Waals surface area contributed by atoms with Crippen molar-refractivity contribution in [3.63, 3.8) is 0 Å². The fourth-order valence-electron chi connectivity index (χ4n) is 1.87. The summed E-state index contributed by atoms with van der Waals surface area (Å²) in [5.74, 6) is 1.42. The molecule has 0 amide bonds. The maximum Gasteiger partial charge on any atom is 0.191 e. The minimum absolute atomic E-state index is 0.319. The lowest BCUT2D eigenvalue weighted by molar-refractivity contribution is 0.390. The molecule has 5 heteroatoms. The van der Waals surface area contributed by atoms with Gasteiger partial charge in [0.25, 0.3) is 0 Å². The van der Waals surface area contributed by atoms with Crippen LogP contribution in [0, 0.1) is 5.92 Å². The van der Waals surface area contributed by atoms with E-state index in [0.29, 0.717) is 12.0 Å². The van der Waals surface area contributed by atoms with E-state index in [9.17, 15) is 0 Å². The van der Waals surface area contributed by atoms with E-state index in [1.165, 1.54) is 12.8 Å². The average Bonchev–Trinajstić information content (AvgIpc) is 2.67. The highest BCUT2D eigenvalue weighted by Crippen LogP contribution is 2.18. The molecule has 0 aromatic carbocycles. The molecule has 2 heterocycles. The van der Waals surface area contributed by atoms with Crippen molar-refractivity contribution in [2.75, 3.05) is 6.54 Å². The Labute approximate surface area is 90.2 Å². The first-order valence-electron chi connectivity index (χ1n) is 5.77. The van der Waals surface area contributed by atoms with Crippen LogP contribution in [0.25, 0.3) is 0 Å². The predicted octanol–water partition coefficient (Wildman–Crippen LogP) is 1.14. The van der Waals surface area contributed by atoms with Crippen molar-refractivity contribution in [2.45, 2.75) is 45.7 Å². The number of nitrogens with zero attached hydrogens (tertiary/aromatic N) is 4. The van der Waals surface area contributed by atoms with Gasteiger partial charge in [0.2, 0.25) is 0 Å². The number of rotatable bonds is 3. The number of aromatic nitrogens is 4. The quantitative estimate of drug-likeness (QED) is 0.811. The summed E-state index contributed by atoms with van der Waals surface area (Å²) < 4.78 is 0. The molecule has 0 saturated carbocycles. The summed E-state index contributed by atoms with van der Waals surface area (Å²) in [5, 5.41) is 16.0. The summed E-state index contributed by atoms with van der Waals surface area (Å²) in [7, 11) is 0. The number of hydrogen-bond donors (Lipinski definition) is 1. The SMILES string of the molecule is CC(C)Cn1nnc(C2CCCCN2)n1. The number of tetrazole rings is 1. The third kappa shape index (κ3) is 2.75. The highest BCUT2D eigenvalue weighted by molar-refractivity contribution is 4.91. The van der Waals surface area contributed by atoms with Crippen molar-refractivity contribution >= 4 is 0 Å². The topological polar surface area (TPSA) is 55.6 Å². The molecule has 1 aromatic heterocycles. The third-order valence-corrected chi connectivity index (χ3v) is 2.62. The second-order valence-corrected chi connectivity index (χ2v) is 4.60. The Morgan fingerprint density at radius 2 is 2.33 bits per heavy atom. The largest absolute Gasteiger partial charge is 0.307 e. The number of nitrogens with one attached hydrogen (secondary N) is 1. The maximum absolute atomic E-state index is 4.41. The fourth-order valence-corrected chi connectivity index (χ4v) is 1.87. The smallest absolute Gasteiger partial charge is 0.191 e. The van der Waals surface area contributed by atoms with E-state index in [4.69, 9.17) is 0 Å². The molecule has 1 unspecified atom stereocenters. The normalized spacial score (nSPS) is 22.2. The molecule has 5 nitrogen and oxygen atoms in total. The monoisotopic (exact) mass is 209 g/mol. The molecule has 1 atom stereocenters. The molecule has 84 valence electrons. The Hall–Kier alpha value is -0.970. The zero-order valence-electron chi connectivity index (χ0n) is 9.48. The van der Waals surface area contributed by atoms with Crippen LogP contribution in [-0.2, 0) is 6.54 Å². The van der Waals surface area contributed by atoms with Crippen LogP contribution in [0.4, 0.5) is 0 Å². The predicted molar refractivity (Wildman–Crippen MR) is 57.2 cm³/mol. The van der Waals surface area contributed by atoms with Crippen molar-refractivity contribution in [1.29, 1.82) is 0 Å². The summed E-state index contributed by atoms with van der Waals surface area (Å²) in [6, 6.07) is 0.319. The molecule has 2 rings (SSSR count). The van der Waals surface area contributed by atoms with E-state index in [2.05, 4.69) is 34.6 Å². The van der Waals surface area contributed by atoms with Gasteiger partial charge in [-0.1, -0.05) is 20.3 Å². The van der Waals surface area contributed by atoms with Crippen molar-refractivity contribution in [3.8, 4) is 0 Å². The molecular formula is C10H19N5. The highest BCUT2D eigenvalue weighted by Gasteiger charge is 2.19. The van der Waals surface area contributed by atoms with Crippen LogP contribution in [0.1, 0.15) is 45.0 Å². The van der Waals surface area contributed by atoms with Gasteiger partial charge >= 0.3 is 0 Å². The Morgan fingerprint density at radius 3 is 3.00 bits per heavy atom. The Morgan fingerprint density at radius 1 is 1.47 bits per heavy atom. The second-order valence-electron chi connectivity index (χ2n) is 4.60. The van der Waals surface area contributed by atoms with Gasteiger partial charge in [0.15, 0.2) is 5.82 Å². The Kier molecular flexibility index (Phi) is 3.30. The van der Waals surface area contributed by atoms with Gasteiger partial charge < -0.3 is 5.32 Å². The lowest BCUT2D eigenvalue weighted by Crippen LogP contribution is -2.27. The first-order chi connectivity index (χ1) is 7.25. The minimum Gasteiger partial charge on any atom is -0.307 e. The van der Waals surface area contributed by atoms with E-state index in [1.54, 1.807) is 4.80 Å². The summed E-state index contributed by atoms with van der Waals surface area (Å²) in [6.07, 6.45) is 3.65. The molecule has 0 aliphatic carbocycles. The first kappa shape index (κ1) is 10.5. The molecule has 1 N–H and O–H groups in total. The van der Waals surface area contributed by atoms with Gasteiger partial charge in [-0.05, 0) is 30.5 Å². The van der Waals surface area contributed by atoms with Gasteiger partial charge in [0.05, 0.1) is 12.6 Å². The van der Waals surface area contributed by atoms with Gasteiger partial charge in [-0.15, -0.1) is 10.2 Å². The second kappa shape index (κ2) is 4.70. The number of hydrogen-bond acceptors (Lipinski definition) is 4. The first-order valence-corrected chi connectivity index (χ1v) is 5.77. The van der Waals surface area contributed by atoms with Crippen LogP contribution in [-0.4, -0.2) is 26.8 Å². The van der Waals surface area contributed by atoms with Crippen molar-refractivity contribution < 1.29 is 0 Å². The summed E-state index contributed by atoms with van der Waals surface area (Å²) in [5.41, 5.74) is 0. The van der Waals surface area contributed by atoms with Crippen molar-refractivity contribution in [3.05, 3.63) is 5.82 Å². The Balaban J connectivity index is 1.99.